The molecule has 2 N–H and O–H groups in total. The molecule has 0 aliphatic heterocycles. The van der Waals surface area contributed by atoms with Crippen LogP contribution in [0.5, 0.6) is 5.75 Å². The van der Waals surface area contributed by atoms with E-state index in [2.05, 4.69) is 0 Å². The van der Waals surface area contributed by atoms with Crippen LogP contribution in [0.2, 0.25) is 0 Å². The standard InChI is InChI=1S/C21H20O4S/c1-21(2,23)19-14-16(15-8-11-17(22)12-9-15)10-13-20(19)26(24,25)18-6-4-3-5-7-18/h3-14,22-23H,1-2H3. The van der Waals surface area contributed by atoms with Crippen molar-refractivity contribution in [3.63, 3.8) is 0 Å². The van der Waals surface area contributed by atoms with Crippen molar-refractivity contribution < 1.29 is 18.6 Å². The van der Waals surface area contributed by atoms with Crippen molar-refractivity contribution in [2.75, 3.05) is 0 Å². The van der Waals surface area contributed by atoms with Crippen molar-refractivity contribution in [3.8, 4) is 16.9 Å². The van der Waals surface area contributed by atoms with Crippen LogP contribution in [0, 0.1) is 0 Å². The van der Waals surface area contributed by atoms with Gasteiger partial charge in [-0.3, -0.25) is 0 Å². The fourth-order valence-electron chi connectivity index (χ4n) is 2.80. The molecule has 5 heteroatoms. The summed E-state index contributed by atoms with van der Waals surface area (Å²) in [7, 11) is -3.76. The first-order valence-electron chi connectivity index (χ1n) is 8.16. The van der Waals surface area contributed by atoms with Crippen molar-refractivity contribution in [1.82, 2.24) is 0 Å². The van der Waals surface area contributed by atoms with Crippen molar-refractivity contribution in [1.29, 1.82) is 0 Å². The van der Waals surface area contributed by atoms with Crippen molar-refractivity contribution in [3.05, 3.63) is 78.4 Å². The van der Waals surface area contributed by atoms with Gasteiger partial charge in [-0.15, -0.1) is 0 Å². The van der Waals surface area contributed by atoms with Crippen molar-refractivity contribution >= 4 is 9.84 Å². The molecule has 0 aromatic heterocycles. The molecule has 3 aromatic carbocycles. The minimum atomic E-state index is -3.76. The Morgan fingerprint density at radius 3 is 1.96 bits per heavy atom. The van der Waals surface area contributed by atoms with Crippen LogP contribution in [-0.4, -0.2) is 18.6 Å². The van der Waals surface area contributed by atoms with Crippen molar-refractivity contribution in [2.45, 2.75) is 29.2 Å². The van der Waals surface area contributed by atoms with E-state index in [1.54, 1.807) is 68.4 Å². The summed E-state index contributed by atoms with van der Waals surface area (Å²) in [4.78, 5) is 0.265. The maximum atomic E-state index is 13.0. The van der Waals surface area contributed by atoms with E-state index in [4.69, 9.17) is 0 Å². The highest BCUT2D eigenvalue weighted by molar-refractivity contribution is 7.91. The van der Waals surface area contributed by atoms with Crippen LogP contribution in [0.15, 0.2) is 82.6 Å². The zero-order valence-corrected chi connectivity index (χ0v) is 15.4. The summed E-state index contributed by atoms with van der Waals surface area (Å²) in [6.45, 7) is 3.12. The highest BCUT2D eigenvalue weighted by atomic mass is 32.2. The van der Waals surface area contributed by atoms with Crippen LogP contribution in [0.25, 0.3) is 11.1 Å². The van der Waals surface area contributed by atoms with E-state index >= 15 is 0 Å². The SMILES string of the molecule is CC(C)(O)c1cc(-c2ccc(O)cc2)ccc1S(=O)(=O)c1ccccc1. The second-order valence-electron chi connectivity index (χ2n) is 6.63. The molecule has 0 saturated carbocycles. The summed E-state index contributed by atoms with van der Waals surface area (Å²) >= 11 is 0. The second-order valence-corrected chi connectivity index (χ2v) is 8.55. The first-order chi connectivity index (χ1) is 12.2. The lowest BCUT2D eigenvalue weighted by molar-refractivity contribution is 0.0756. The number of aliphatic hydroxyl groups is 1. The van der Waals surface area contributed by atoms with E-state index < -0.39 is 15.4 Å². The third kappa shape index (κ3) is 3.49. The molecular weight excluding hydrogens is 348 g/mol. The summed E-state index contributed by atoms with van der Waals surface area (Å²) in [5.41, 5.74) is 0.558. The van der Waals surface area contributed by atoms with Crippen molar-refractivity contribution in [2.24, 2.45) is 0 Å². The van der Waals surface area contributed by atoms with E-state index in [0.29, 0.717) is 5.56 Å². The number of phenolic OH excluding ortho intramolecular Hbond substituents is 1. The van der Waals surface area contributed by atoms with Crippen LogP contribution in [0.1, 0.15) is 19.4 Å². The number of rotatable bonds is 4. The first kappa shape index (κ1) is 18.2. The van der Waals surface area contributed by atoms with Crippen LogP contribution in [-0.2, 0) is 15.4 Å². The Hall–Kier alpha value is -2.63. The average Bonchev–Trinajstić information content (AvgIpc) is 2.62. The Kier molecular flexibility index (Phi) is 4.61. The van der Waals surface area contributed by atoms with Gasteiger partial charge in [0.05, 0.1) is 15.4 Å². The largest absolute Gasteiger partial charge is 0.508 e. The van der Waals surface area contributed by atoms with Crippen LogP contribution in [0.4, 0.5) is 0 Å². The Morgan fingerprint density at radius 1 is 0.808 bits per heavy atom. The molecule has 3 aromatic rings. The van der Waals surface area contributed by atoms with Gasteiger partial charge in [-0.1, -0.05) is 36.4 Å². The lowest BCUT2D eigenvalue weighted by Gasteiger charge is -2.23. The first-order valence-corrected chi connectivity index (χ1v) is 9.64. The van der Waals surface area contributed by atoms with E-state index in [1.165, 1.54) is 18.2 Å². The summed E-state index contributed by atoms with van der Waals surface area (Å²) in [5, 5.41) is 20.0. The maximum Gasteiger partial charge on any atom is 0.206 e. The molecule has 0 aliphatic carbocycles. The predicted octanol–water partition coefficient (Wildman–Crippen LogP) is 4.12. The number of benzene rings is 3. The molecule has 0 unspecified atom stereocenters. The normalized spacial score (nSPS) is 12.1. The van der Waals surface area contributed by atoms with Gasteiger partial charge in [0, 0.05) is 5.56 Å². The Morgan fingerprint density at radius 2 is 1.38 bits per heavy atom. The Labute approximate surface area is 153 Å². The lowest BCUT2D eigenvalue weighted by atomic mass is 9.94. The second kappa shape index (κ2) is 6.59. The molecular formula is C21H20O4S. The van der Waals surface area contributed by atoms with Gasteiger partial charge in [0.25, 0.3) is 0 Å². The summed E-state index contributed by atoms with van der Waals surface area (Å²) < 4.78 is 26.1. The lowest BCUT2D eigenvalue weighted by Crippen LogP contribution is -2.20. The molecule has 0 bridgehead atoms. The third-order valence-electron chi connectivity index (χ3n) is 4.18. The number of hydrogen-bond donors (Lipinski definition) is 2. The quantitative estimate of drug-likeness (QED) is 0.726. The molecule has 0 heterocycles. The van der Waals surface area contributed by atoms with Gasteiger partial charge in [0.15, 0.2) is 0 Å². The van der Waals surface area contributed by atoms with Gasteiger partial charge < -0.3 is 10.2 Å². The van der Waals surface area contributed by atoms with Gasteiger partial charge in [0.1, 0.15) is 5.75 Å². The molecule has 0 saturated heterocycles. The van der Waals surface area contributed by atoms with Gasteiger partial charge in [-0.05, 0) is 61.4 Å². The highest BCUT2D eigenvalue weighted by Gasteiger charge is 2.28. The minimum Gasteiger partial charge on any atom is -0.508 e. The smallest absolute Gasteiger partial charge is 0.206 e. The molecule has 4 nitrogen and oxygen atoms in total. The molecule has 0 spiro atoms. The molecule has 0 amide bonds. The van der Waals surface area contributed by atoms with Gasteiger partial charge in [-0.2, -0.15) is 0 Å². The Balaban J connectivity index is 2.19. The Bertz CT molecular complexity index is 1020. The van der Waals surface area contributed by atoms with E-state index in [0.717, 1.165) is 11.1 Å². The zero-order valence-electron chi connectivity index (χ0n) is 14.5. The van der Waals surface area contributed by atoms with E-state index in [1.807, 2.05) is 0 Å². The molecule has 0 aliphatic rings. The summed E-state index contributed by atoms with van der Waals surface area (Å²) in [5.74, 6) is 0.153. The van der Waals surface area contributed by atoms with Crippen LogP contribution >= 0.6 is 0 Å². The number of aromatic hydroxyl groups is 1. The molecule has 134 valence electrons. The average molecular weight is 368 g/mol. The zero-order chi connectivity index (χ0) is 18.9. The molecule has 0 radical (unpaired) electrons. The number of phenols is 1. The fraction of sp³-hybridized carbons (Fsp3) is 0.143. The monoisotopic (exact) mass is 368 g/mol. The molecule has 0 fully saturated rings. The summed E-state index contributed by atoms with van der Waals surface area (Å²) in [6.07, 6.45) is 0. The summed E-state index contributed by atoms with van der Waals surface area (Å²) in [6, 6.07) is 19.7. The minimum absolute atomic E-state index is 0.0822. The number of sulfone groups is 1. The molecule has 0 atom stereocenters. The highest BCUT2D eigenvalue weighted by Crippen LogP contribution is 2.34. The van der Waals surface area contributed by atoms with E-state index in [9.17, 15) is 18.6 Å². The predicted molar refractivity (Wildman–Crippen MR) is 101 cm³/mol. The van der Waals surface area contributed by atoms with Crippen LogP contribution < -0.4 is 0 Å². The third-order valence-corrected chi connectivity index (χ3v) is 6.01. The van der Waals surface area contributed by atoms with Gasteiger partial charge in [-0.25, -0.2) is 8.42 Å². The topological polar surface area (TPSA) is 74.6 Å². The van der Waals surface area contributed by atoms with Gasteiger partial charge in [0.2, 0.25) is 9.84 Å². The fourth-order valence-corrected chi connectivity index (χ4v) is 4.42. The molecule has 26 heavy (non-hydrogen) atoms. The van der Waals surface area contributed by atoms with E-state index in [-0.39, 0.29) is 15.5 Å². The van der Waals surface area contributed by atoms with Gasteiger partial charge >= 0.3 is 0 Å². The molecule has 3 rings (SSSR count). The van der Waals surface area contributed by atoms with Crippen LogP contribution in [0.3, 0.4) is 0 Å². The maximum absolute atomic E-state index is 13.0. The number of hydrogen-bond acceptors (Lipinski definition) is 4.